The lowest BCUT2D eigenvalue weighted by Crippen LogP contribution is -2.11. The zero-order valence-corrected chi connectivity index (χ0v) is 8.11. The van der Waals surface area contributed by atoms with Crippen molar-refractivity contribution < 1.29 is 0 Å². The van der Waals surface area contributed by atoms with Gasteiger partial charge in [-0.3, -0.25) is 4.68 Å². The first-order valence-corrected chi connectivity index (χ1v) is 5.09. The summed E-state index contributed by atoms with van der Waals surface area (Å²) in [5, 5.41) is 4.27. The summed E-state index contributed by atoms with van der Waals surface area (Å²) in [5.74, 6) is 0.722. The number of hydrogen-bond acceptors (Lipinski definition) is 2. The Labute approximate surface area is 78.9 Å². The van der Waals surface area contributed by atoms with Crippen molar-refractivity contribution in [3.63, 3.8) is 0 Å². The number of hydrogen-bond donors (Lipinski definition) is 1. The van der Waals surface area contributed by atoms with Crippen molar-refractivity contribution in [2.75, 3.05) is 0 Å². The summed E-state index contributed by atoms with van der Waals surface area (Å²) in [7, 11) is 0. The number of rotatable bonds is 4. The highest BCUT2D eigenvalue weighted by atomic mass is 15.3. The first-order chi connectivity index (χ1) is 6.31. The maximum atomic E-state index is 6.06. The summed E-state index contributed by atoms with van der Waals surface area (Å²) >= 11 is 0. The molecule has 1 aromatic rings. The second kappa shape index (κ2) is 3.50. The van der Waals surface area contributed by atoms with E-state index in [-0.39, 0.29) is 6.04 Å². The molecule has 0 spiro atoms. The Morgan fingerprint density at radius 1 is 1.69 bits per heavy atom. The number of nitrogens with two attached hydrogens (primary N) is 1. The number of aryl methyl sites for hydroxylation is 1. The largest absolute Gasteiger partial charge is 0.324 e. The average molecular weight is 179 g/mol. The van der Waals surface area contributed by atoms with Crippen molar-refractivity contribution in [2.45, 2.75) is 38.8 Å². The van der Waals surface area contributed by atoms with Gasteiger partial charge in [0.05, 0.1) is 6.20 Å². The smallest absolute Gasteiger partial charge is 0.0537 e. The summed E-state index contributed by atoms with van der Waals surface area (Å²) in [6.07, 6.45) is 7.71. The molecule has 3 nitrogen and oxygen atoms in total. The Morgan fingerprint density at radius 3 is 3.08 bits per heavy atom. The van der Waals surface area contributed by atoms with Gasteiger partial charge in [-0.05, 0) is 25.2 Å². The fourth-order valence-corrected chi connectivity index (χ4v) is 1.63. The van der Waals surface area contributed by atoms with E-state index in [0.717, 1.165) is 18.9 Å². The molecule has 1 fully saturated rings. The van der Waals surface area contributed by atoms with Crippen molar-refractivity contribution in [3.05, 3.63) is 18.0 Å². The van der Waals surface area contributed by atoms with Crippen molar-refractivity contribution >= 4 is 0 Å². The van der Waals surface area contributed by atoms with Gasteiger partial charge < -0.3 is 5.73 Å². The minimum absolute atomic E-state index is 0.227. The summed E-state index contributed by atoms with van der Waals surface area (Å²) < 4.78 is 1.98. The van der Waals surface area contributed by atoms with Crippen LogP contribution >= 0.6 is 0 Å². The molecule has 72 valence electrons. The fourth-order valence-electron chi connectivity index (χ4n) is 1.63. The molecule has 0 aromatic carbocycles. The monoisotopic (exact) mass is 179 g/mol. The second-order valence-corrected chi connectivity index (χ2v) is 3.90. The van der Waals surface area contributed by atoms with Gasteiger partial charge >= 0.3 is 0 Å². The van der Waals surface area contributed by atoms with E-state index >= 15 is 0 Å². The molecule has 0 saturated heterocycles. The van der Waals surface area contributed by atoms with E-state index in [1.54, 1.807) is 0 Å². The van der Waals surface area contributed by atoms with Crippen LogP contribution in [0.15, 0.2) is 12.4 Å². The van der Waals surface area contributed by atoms with Crippen LogP contribution in [0.3, 0.4) is 0 Å². The molecular weight excluding hydrogens is 162 g/mol. The molecule has 2 rings (SSSR count). The number of aromatic nitrogens is 2. The molecule has 0 aliphatic heterocycles. The van der Waals surface area contributed by atoms with E-state index in [1.807, 2.05) is 10.9 Å². The van der Waals surface area contributed by atoms with Crippen LogP contribution < -0.4 is 5.73 Å². The Kier molecular flexibility index (Phi) is 2.36. The van der Waals surface area contributed by atoms with E-state index in [2.05, 4.69) is 18.2 Å². The SMILES string of the molecule is CCCn1cc(C(N)C2CC2)cn1. The summed E-state index contributed by atoms with van der Waals surface area (Å²) in [6, 6.07) is 0.227. The van der Waals surface area contributed by atoms with Crippen LogP contribution in [0.2, 0.25) is 0 Å². The first kappa shape index (κ1) is 8.75. The molecule has 13 heavy (non-hydrogen) atoms. The van der Waals surface area contributed by atoms with Gasteiger partial charge in [0.15, 0.2) is 0 Å². The van der Waals surface area contributed by atoms with E-state index in [1.165, 1.54) is 18.4 Å². The van der Waals surface area contributed by atoms with Gasteiger partial charge in [-0.1, -0.05) is 6.92 Å². The molecule has 1 unspecified atom stereocenters. The Bertz CT molecular complexity index is 275. The second-order valence-electron chi connectivity index (χ2n) is 3.90. The maximum Gasteiger partial charge on any atom is 0.0537 e. The third kappa shape index (κ3) is 1.91. The van der Waals surface area contributed by atoms with E-state index in [4.69, 9.17) is 5.73 Å². The lowest BCUT2D eigenvalue weighted by atomic mass is 10.1. The zero-order chi connectivity index (χ0) is 9.26. The molecule has 1 aliphatic rings. The van der Waals surface area contributed by atoms with Crippen molar-refractivity contribution in [1.82, 2.24) is 9.78 Å². The van der Waals surface area contributed by atoms with Gasteiger partial charge in [-0.2, -0.15) is 5.10 Å². The lowest BCUT2D eigenvalue weighted by molar-refractivity contribution is 0.596. The standard InChI is InChI=1S/C10H17N3/c1-2-5-13-7-9(6-12-13)10(11)8-3-4-8/h6-8,10H,2-5,11H2,1H3. The van der Waals surface area contributed by atoms with E-state index < -0.39 is 0 Å². The Morgan fingerprint density at radius 2 is 2.46 bits per heavy atom. The minimum atomic E-state index is 0.227. The summed E-state index contributed by atoms with van der Waals surface area (Å²) in [4.78, 5) is 0. The molecule has 2 N–H and O–H groups in total. The van der Waals surface area contributed by atoms with Crippen LogP contribution in [-0.4, -0.2) is 9.78 Å². The molecule has 0 bridgehead atoms. The molecular formula is C10H17N3. The fraction of sp³-hybridized carbons (Fsp3) is 0.700. The molecule has 0 radical (unpaired) electrons. The van der Waals surface area contributed by atoms with E-state index in [0.29, 0.717) is 0 Å². The summed E-state index contributed by atoms with van der Waals surface area (Å²) in [5.41, 5.74) is 7.26. The predicted octanol–water partition coefficient (Wildman–Crippen LogP) is 1.70. The molecule has 1 saturated carbocycles. The first-order valence-electron chi connectivity index (χ1n) is 5.09. The lowest BCUT2D eigenvalue weighted by Gasteiger charge is -2.05. The Hall–Kier alpha value is -0.830. The normalized spacial score (nSPS) is 18.9. The maximum absolute atomic E-state index is 6.06. The minimum Gasteiger partial charge on any atom is -0.324 e. The van der Waals surface area contributed by atoms with Gasteiger partial charge in [0.1, 0.15) is 0 Å². The van der Waals surface area contributed by atoms with Crippen molar-refractivity contribution in [2.24, 2.45) is 11.7 Å². The molecule has 1 atom stereocenters. The van der Waals surface area contributed by atoms with Gasteiger partial charge in [-0.25, -0.2) is 0 Å². The van der Waals surface area contributed by atoms with Crippen LogP contribution in [0, 0.1) is 5.92 Å². The molecule has 1 aromatic heterocycles. The predicted molar refractivity (Wildman–Crippen MR) is 52.2 cm³/mol. The van der Waals surface area contributed by atoms with Gasteiger partial charge in [0, 0.05) is 24.3 Å². The zero-order valence-electron chi connectivity index (χ0n) is 8.11. The van der Waals surface area contributed by atoms with Crippen LogP contribution in [0.25, 0.3) is 0 Å². The van der Waals surface area contributed by atoms with E-state index in [9.17, 15) is 0 Å². The highest BCUT2D eigenvalue weighted by Crippen LogP contribution is 2.39. The highest BCUT2D eigenvalue weighted by molar-refractivity contribution is 5.13. The molecule has 3 heteroatoms. The van der Waals surface area contributed by atoms with Gasteiger partial charge in [0.25, 0.3) is 0 Å². The van der Waals surface area contributed by atoms with Gasteiger partial charge in [0.2, 0.25) is 0 Å². The quantitative estimate of drug-likeness (QED) is 0.764. The third-order valence-electron chi connectivity index (χ3n) is 2.62. The van der Waals surface area contributed by atoms with Crippen LogP contribution in [0.5, 0.6) is 0 Å². The van der Waals surface area contributed by atoms with Gasteiger partial charge in [-0.15, -0.1) is 0 Å². The van der Waals surface area contributed by atoms with Crippen LogP contribution in [0.1, 0.15) is 37.8 Å². The topological polar surface area (TPSA) is 43.8 Å². The summed E-state index contributed by atoms with van der Waals surface area (Å²) in [6.45, 7) is 3.15. The van der Waals surface area contributed by atoms with Crippen LogP contribution in [0.4, 0.5) is 0 Å². The highest BCUT2D eigenvalue weighted by Gasteiger charge is 2.30. The Balaban J connectivity index is 2.03. The average Bonchev–Trinajstić information content (AvgIpc) is 2.87. The van der Waals surface area contributed by atoms with Crippen molar-refractivity contribution in [3.8, 4) is 0 Å². The molecule has 1 aliphatic carbocycles. The number of nitrogens with zero attached hydrogens (tertiary/aromatic N) is 2. The molecule has 1 heterocycles. The van der Waals surface area contributed by atoms with Crippen molar-refractivity contribution in [1.29, 1.82) is 0 Å². The van der Waals surface area contributed by atoms with Crippen LogP contribution in [-0.2, 0) is 6.54 Å². The third-order valence-corrected chi connectivity index (χ3v) is 2.62. The molecule has 0 amide bonds.